The van der Waals surface area contributed by atoms with E-state index in [-0.39, 0.29) is 39.9 Å². The highest BCUT2D eigenvalue weighted by molar-refractivity contribution is 7.81. The number of halogens is 4. The van der Waals surface area contributed by atoms with Crippen LogP contribution in [-0.2, 0) is 17.4 Å². The van der Waals surface area contributed by atoms with E-state index in [1.807, 2.05) is 0 Å². The Morgan fingerprint density at radius 2 is 1.73 bits per heavy atom. The Hall–Kier alpha value is -5.28. The SMILES string of the molecule is CC1(C)C(=O)N(c2ccc(C#N)c(C(F)(F)F)c2)C(=S)N1c1cc(F)c(NC(=O)c2ccccc2)c2c1Oc1ccccc1C2. The van der Waals surface area contributed by atoms with Crippen LogP contribution in [0.2, 0.25) is 0 Å². The number of thiocarbonyl (C=S) groups is 1. The number of amides is 2. The molecule has 4 aromatic rings. The molecule has 2 amide bonds. The van der Waals surface area contributed by atoms with Crippen molar-refractivity contribution in [3.8, 4) is 17.6 Å². The number of benzene rings is 4. The summed E-state index contributed by atoms with van der Waals surface area (Å²) in [6, 6.07) is 20.8. The van der Waals surface area contributed by atoms with Crippen molar-refractivity contribution in [2.75, 3.05) is 15.1 Å². The van der Waals surface area contributed by atoms with Crippen molar-refractivity contribution in [3.63, 3.8) is 0 Å². The summed E-state index contributed by atoms with van der Waals surface area (Å²) in [4.78, 5) is 29.2. The summed E-state index contributed by atoms with van der Waals surface area (Å²) in [6.45, 7) is 3.00. The Bertz CT molecular complexity index is 1950. The minimum Gasteiger partial charge on any atom is -0.454 e. The quantitative estimate of drug-likeness (QED) is 0.163. The summed E-state index contributed by atoms with van der Waals surface area (Å²) >= 11 is 5.68. The Morgan fingerprint density at radius 3 is 2.42 bits per heavy atom. The van der Waals surface area contributed by atoms with Gasteiger partial charge < -0.3 is 10.1 Å². The molecule has 1 fully saturated rings. The van der Waals surface area contributed by atoms with Gasteiger partial charge in [0, 0.05) is 23.6 Å². The lowest BCUT2D eigenvalue weighted by molar-refractivity contribution is -0.137. The molecule has 0 atom stereocenters. The molecule has 45 heavy (non-hydrogen) atoms. The number of ether oxygens (including phenoxy) is 1. The third kappa shape index (κ3) is 4.95. The Kier molecular flexibility index (Phi) is 7.09. The largest absolute Gasteiger partial charge is 0.454 e. The molecular weight excluding hydrogens is 608 g/mol. The van der Waals surface area contributed by atoms with E-state index in [1.54, 1.807) is 54.6 Å². The van der Waals surface area contributed by atoms with Gasteiger partial charge in [0.15, 0.2) is 10.9 Å². The number of nitriles is 1. The first-order valence-electron chi connectivity index (χ1n) is 13.6. The number of nitrogens with zero attached hydrogens (tertiary/aromatic N) is 3. The lowest BCUT2D eigenvalue weighted by Crippen LogP contribution is -2.44. The number of carbonyl (C=O) groups excluding carboxylic acids is 2. The van der Waals surface area contributed by atoms with Gasteiger partial charge in [0.05, 0.1) is 34.3 Å². The molecule has 1 saturated heterocycles. The first-order valence-corrected chi connectivity index (χ1v) is 14.0. The monoisotopic (exact) mass is 630 g/mol. The highest BCUT2D eigenvalue weighted by Crippen LogP contribution is 2.50. The van der Waals surface area contributed by atoms with E-state index in [0.717, 1.165) is 22.6 Å². The molecule has 1 N–H and O–H groups in total. The third-order valence-corrected chi connectivity index (χ3v) is 8.10. The maximum atomic E-state index is 16.1. The molecule has 2 aliphatic rings. The Morgan fingerprint density at radius 1 is 1.04 bits per heavy atom. The molecule has 0 aliphatic carbocycles. The van der Waals surface area contributed by atoms with Crippen LogP contribution in [0.25, 0.3) is 0 Å². The van der Waals surface area contributed by atoms with Crippen LogP contribution in [0.4, 0.5) is 34.6 Å². The van der Waals surface area contributed by atoms with Crippen LogP contribution in [0.1, 0.15) is 46.5 Å². The van der Waals surface area contributed by atoms with Crippen LogP contribution in [0, 0.1) is 17.1 Å². The van der Waals surface area contributed by atoms with Gasteiger partial charge in [-0.25, -0.2) is 4.39 Å². The zero-order valence-electron chi connectivity index (χ0n) is 23.7. The van der Waals surface area contributed by atoms with Gasteiger partial charge in [0.1, 0.15) is 17.1 Å². The molecule has 4 aromatic carbocycles. The Balaban J connectivity index is 1.49. The van der Waals surface area contributed by atoms with E-state index < -0.39 is 40.5 Å². The summed E-state index contributed by atoms with van der Waals surface area (Å²) in [6.07, 6.45) is -4.71. The van der Waals surface area contributed by atoms with Crippen molar-refractivity contribution < 1.29 is 31.9 Å². The first-order chi connectivity index (χ1) is 21.3. The number of alkyl halides is 3. The molecule has 0 spiro atoms. The van der Waals surface area contributed by atoms with Gasteiger partial charge >= 0.3 is 6.18 Å². The summed E-state index contributed by atoms with van der Waals surface area (Å²) < 4.78 is 63.8. The molecule has 0 aromatic heterocycles. The zero-order valence-corrected chi connectivity index (χ0v) is 24.5. The van der Waals surface area contributed by atoms with E-state index in [9.17, 15) is 28.0 Å². The second kappa shape index (κ2) is 10.7. The molecule has 226 valence electrons. The molecule has 0 radical (unpaired) electrons. The van der Waals surface area contributed by atoms with Crippen LogP contribution >= 0.6 is 12.2 Å². The number of fused-ring (bicyclic) bond motifs is 2. The van der Waals surface area contributed by atoms with Crippen molar-refractivity contribution in [2.45, 2.75) is 32.0 Å². The fraction of sp³-hybridized carbons (Fsp3) is 0.152. The maximum absolute atomic E-state index is 16.1. The number of para-hydroxylation sites is 1. The number of nitrogens with one attached hydrogen (secondary N) is 1. The van der Waals surface area contributed by atoms with E-state index in [1.165, 1.54) is 30.9 Å². The van der Waals surface area contributed by atoms with Crippen molar-refractivity contribution >= 4 is 46.2 Å². The second-order valence-corrected chi connectivity index (χ2v) is 11.3. The number of anilines is 3. The van der Waals surface area contributed by atoms with Crippen molar-refractivity contribution in [2.24, 2.45) is 0 Å². The average molecular weight is 631 g/mol. The normalized spacial score (nSPS) is 15.2. The van der Waals surface area contributed by atoms with Crippen LogP contribution in [0.15, 0.2) is 78.9 Å². The van der Waals surface area contributed by atoms with E-state index in [0.29, 0.717) is 17.4 Å². The first kappa shape index (κ1) is 29.8. The van der Waals surface area contributed by atoms with E-state index in [4.69, 9.17) is 17.0 Å². The van der Waals surface area contributed by atoms with Gasteiger partial charge in [-0.15, -0.1) is 0 Å². The highest BCUT2D eigenvalue weighted by Gasteiger charge is 2.52. The predicted octanol–water partition coefficient (Wildman–Crippen LogP) is 7.58. The molecule has 0 bridgehead atoms. The standard InChI is InChI=1S/C33H22F4N4O3S/c1-32(2)30(43)40(21-13-12-20(17-38)23(15-21)33(35,36)37)31(45)41(32)25-16-24(34)27(39-29(42)18-8-4-3-5-9-18)22-14-19-10-6-7-11-26(19)44-28(22)25/h3-13,15-16H,14H2,1-2H3,(H,39,42). The van der Waals surface area contributed by atoms with Crippen LogP contribution in [0.5, 0.6) is 11.5 Å². The smallest absolute Gasteiger partial charge is 0.417 e. The number of hydrogen-bond donors (Lipinski definition) is 1. The van der Waals surface area contributed by atoms with Gasteiger partial charge in [0.25, 0.3) is 11.8 Å². The predicted molar refractivity (Wildman–Crippen MR) is 163 cm³/mol. The van der Waals surface area contributed by atoms with E-state index in [2.05, 4.69) is 5.32 Å². The fourth-order valence-corrected chi connectivity index (χ4v) is 6.02. The summed E-state index contributed by atoms with van der Waals surface area (Å²) in [5, 5.41) is 11.7. The highest BCUT2D eigenvalue weighted by atomic mass is 32.1. The van der Waals surface area contributed by atoms with E-state index >= 15 is 4.39 Å². The van der Waals surface area contributed by atoms with Gasteiger partial charge in [-0.2, -0.15) is 18.4 Å². The maximum Gasteiger partial charge on any atom is 0.417 e. The van der Waals surface area contributed by atoms with Crippen LogP contribution < -0.4 is 19.9 Å². The Labute approximate surface area is 260 Å². The summed E-state index contributed by atoms with van der Waals surface area (Å²) in [7, 11) is 0. The molecular formula is C33H22F4N4O3S. The topological polar surface area (TPSA) is 85.7 Å². The lowest BCUT2D eigenvalue weighted by atomic mass is 9.95. The minimum atomic E-state index is -4.87. The second-order valence-electron chi connectivity index (χ2n) is 10.9. The third-order valence-electron chi connectivity index (χ3n) is 7.73. The number of rotatable bonds is 4. The lowest BCUT2D eigenvalue weighted by Gasteiger charge is -2.34. The fourth-order valence-electron chi connectivity index (χ4n) is 5.51. The molecule has 6 rings (SSSR count). The number of carbonyl (C=O) groups is 2. The molecule has 0 saturated carbocycles. The average Bonchev–Trinajstić information content (AvgIpc) is 3.19. The zero-order chi connectivity index (χ0) is 32.3. The summed E-state index contributed by atoms with van der Waals surface area (Å²) in [5.74, 6) is -1.48. The molecule has 2 aliphatic heterocycles. The van der Waals surface area contributed by atoms with Gasteiger partial charge in [-0.3, -0.25) is 19.4 Å². The molecule has 0 unspecified atom stereocenters. The molecule has 2 heterocycles. The number of hydrogen-bond acceptors (Lipinski definition) is 5. The van der Waals surface area contributed by atoms with Gasteiger partial charge in [-0.05, 0) is 68.0 Å². The van der Waals surface area contributed by atoms with Gasteiger partial charge in [-0.1, -0.05) is 36.4 Å². The molecule has 7 nitrogen and oxygen atoms in total. The summed E-state index contributed by atoms with van der Waals surface area (Å²) in [5.41, 5.74) is -2.33. The van der Waals surface area contributed by atoms with Crippen molar-refractivity contribution in [1.29, 1.82) is 5.26 Å². The van der Waals surface area contributed by atoms with Crippen molar-refractivity contribution in [1.82, 2.24) is 0 Å². The minimum absolute atomic E-state index is 0.0465. The van der Waals surface area contributed by atoms with Crippen molar-refractivity contribution in [3.05, 3.63) is 112 Å². The van der Waals surface area contributed by atoms with Crippen LogP contribution in [0.3, 0.4) is 0 Å². The van der Waals surface area contributed by atoms with Crippen LogP contribution in [-0.4, -0.2) is 22.5 Å². The van der Waals surface area contributed by atoms with Gasteiger partial charge in [0.2, 0.25) is 0 Å². The molecule has 12 heteroatoms.